The standard InChI is InChI=1S/C28H31F3N2O5/c1-27(2,3)38-26(36)32-14-6-9-18-7-5-8-19(23(18)32)16-33(25(35)28(29,30)31)20-12-10-17(11-13-20)21-15-22(21)24(34)37-4/h5,7-8,10-13,21-22H,6,9,14-16H2,1-4H3/t21-,22+/m0/s1. The van der Waals surface area contributed by atoms with Crippen LogP contribution in [-0.4, -0.2) is 43.4 Å². The number of anilines is 2. The zero-order valence-corrected chi connectivity index (χ0v) is 21.8. The highest BCUT2D eigenvalue weighted by Gasteiger charge is 2.46. The van der Waals surface area contributed by atoms with Crippen molar-refractivity contribution in [3.05, 3.63) is 59.2 Å². The molecule has 1 fully saturated rings. The lowest BCUT2D eigenvalue weighted by Crippen LogP contribution is -2.43. The van der Waals surface area contributed by atoms with Crippen molar-refractivity contribution in [3.8, 4) is 0 Å². The first kappa shape index (κ1) is 27.5. The minimum atomic E-state index is -5.11. The topological polar surface area (TPSA) is 76.2 Å². The van der Waals surface area contributed by atoms with Gasteiger partial charge < -0.3 is 14.4 Å². The molecule has 2 atom stereocenters. The van der Waals surface area contributed by atoms with Crippen LogP contribution in [0.1, 0.15) is 56.2 Å². The Balaban J connectivity index is 1.66. The SMILES string of the molecule is COC(=O)[C@@H]1C[C@H]1c1ccc(N(Cc2cccc3c2N(C(=O)OC(C)(C)C)CCC3)C(=O)C(F)(F)F)cc1. The first-order valence-corrected chi connectivity index (χ1v) is 12.5. The van der Waals surface area contributed by atoms with E-state index in [1.807, 2.05) is 6.07 Å². The number of amides is 2. The Hall–Kier alpha value is -3.56. The highest BCUT2D eigenvalue weighted by atomic mass is 19.4. The lowest BCUT2D eigenvalue weighted by molar-refractivity contribution is -0.170. The molecule has 38 heavy (non-hydrogen) atoms. The molecule has 7 nitrogen and oxygen atoms in total. The first-order valence-electron chi connectivity index (χ1n) is 12.5. The van der Waals surface area contributed by atoms with Crippen LogP contribution in [0.2, 0.25) is 0 Å². The number of methoxy groups -OCH3 is 1. The van der Waals surface area contributed by atoms with Gasteiger partial charge in [0.05, 0.1) is 25.3 Å². The Morgan fingerprint density at radius 2 is 1.74 bits per heavy atom. The molecule has 1 heterocycles. The summed E-state index contributed by atoms with van der Waals surface area (Å²) in [6, 6.07) is 11.3. The number of fused-ring (bicyclic) bond motifs is 1. The van der Waals surface area contributed by atoms with Gasteiger partial charge in [-0.3, -0.25) is 14.5 Å². The van der Waals surface area contributed by atoms with Crippen LogP contribution < -0.4 is 9.80 Å². The number of nitrogens with zero attached hydrogens (tertiary/aromatic N) is 2. The predicted octanol–water partition coefficient (Wildman–Crippen LogP) is 5.75. The van der Waals surface area contributed by atoms with E-state index in [2.05, 4.69) is 0 Å². The van der Waals surface area contributed by atoms with Gasteiger partial charge in [0.15, 0.2) is 0 Å². The highest BCUT2D eigenvalue weighted by Crippen LogP contribution is 2.48. The summed E-state index contributed by atoms with van der Waals surface area (Å²) in [7, 11) is 1.31. The summed E-state index contributed by atoms with van der Waals surface area (Å²) in [5, 5.41) is 0. The number of alkyl halides is 3. The number of esters is 1. The minimum Gasteiger partial charge on any atom is -0.469 e. The van der Waals surface area contributed by atoms with Crippen molar-refractivity contribution in [1.29, 1.82) is 0 Å². The van der Waals surface area contributed by atoms with Crippen LogP contribution in [0, 0.1) is 5.92 Å². The molecule has 0 N–H and O–H groups in total. The van der Waals surface area contributed by atoms with E-state index in [4.69, 9.17) is 9.47 Å². The zero-order chi connectivity index (χ0) is 27.8. The summed E-state index contributed by atoms with van der Waals surface area (Å²) in [4.78, 5) is 39.5. The van der Waals surface area contributed by atoms with Gasteiger partial charge in [-0.05, 0) is 74.8 Å². The smallest absolute Gasteiger partial charge is 0.469 e. The largest absolute Gasteiger partial charge is 0.471 e. The van der Waals surface area contributed by atoms with E-state index < -0.39 is 30.3 Å². The molecule has 1 saturated carbocycles. The Labute approximate surface area is 219 Å². The lowest BCUT2D eigenvalue weighted by atomic mass is 9.97. The monoisotopic (exact) mass is 532 g/mol. The van der Waals surface area contributed by atoms with Crippen LogP contribution in [0.15, 0.2) is 42.5 Å². The van der Waals surface area contributed by atoms with Crippen molar-refractivity contribution in [3.63, 3.8) is 0 Å². The third-order valence-corrected chi connectivity index (χ3v) is 6.66. The number of benzene rings is 2. The molecule has 2 aliphatic rings. The number of halogens is 3. The molecule has 2 amide bonds. The number of aryl methyl sites for hydroxylation is 1. The van der Waals surface area contributed by atoms with Gasteiger partial charge in [-0.15, -0.1) is 0 Å². The number of rotatable bonds is 5. The Morgan fingerprint density at radius 1 is 1.05 bits per heavy atom. The van der Waals surface area contributed by atoms with Gasteiger partial charge in [-0.25, -0.2) is 4.79 Å². The molecule has 0 saturated heterocycles. The Kier molecular flexibility index (Phi) is 7.45. The quantitative estimate of drug-likeness (QED) is 0.459. The molecule has 204 valence electrons. The average molecular weight is 533 g/mol. The Bertz CT molecular complexity index is 1220. The van der Waals surface area contributed by atoms with Gasteiger partial charge in [-0.1, -0.05) is 30.3 Å². The normalized spacial score (nSPS) is 18.9. The van der Waals surface area contributed by atoms with Gasteiger partial charge in [0.2, 0.25) is 0 Å². The van der Waals surface area contributed by atoms with Crippen LogP contribution in [-0.2, 0) is 32.0 Å². The van der Waals surface area contributed by atoms with E-state index >= 15 is 0 Å². The number of hydrogen-bond acceptors (Lipinski definition) is 5. The van der Waals surface area contributed by atoms with E-state index in [9.17, 15) is 27.6 Å². The van der Waals surface area contributed by atoms with Crippen LogP contribution in [0.5, 0.6) is 0 Å². The molecule has 4 rings (SSSR count). The fraction of sp³-hybridized carbons (Fsp3) is 0.464. The number of carbonyl (C=O) groups excluding carboxylic acids is 3. The molecule has 2 aromatic rings. The minimum absolute atomic E-state index is 0.0589. The molecule has 1 aliphatic heterocycles. The van der Waals surface area contributed by atoms with E-state index in [1.165, 1.54) is 24.1 Å². The van der Waals surface area contributed by atoms with Crippen molar-refractivity contribution < 1.29 is 37.0 Å². The van der Waals surface area contributed by atoms with Gasteiger partial charge >= 0.3 is 24.1 Å². The van der Waals surface area contributed by atoms with Crippen molar-refractivity contribution in [2.75, 3.05) is 23.5 Å². The molecular weight excluding hydrogens is 501 g/mol. The van der Waals surface area contributed by atoms with Gasteiger partial charge in [-0.2, -0.15) is 13.2 Å². The maximum Gasteiger partial charge on any atom is 0.471 e. The highest BCUT2D eigenvalue weighted by molar-refractivity contribution is 5.98. The van der Waals surface area contributed by atoms with Crippen molar-refractivity contribution >= 4 is 29.3 Å². The van der Waals surface area contributed by atoms with Crippen LogP contribution in [0.25, 0.3) is 0 Å². The summed E-state index contributed by atoms with van der Waals surface area (Å²) in [5.74, 6) is -2.67. The van der Waals surface area contributed by atoms with Gasteiger partial charge in [0.1, 0.15) is 5.60 Å². The van der Waals surface area contributed by atoms with E-state index in [0.717, 1.165) is 11.1 Å². The fourth-order valence-corrected chi connectivity index (χ4v) is 4.84. The zero-order valence-electron chi connectivity index (χ0n) is 21.8. The number of carbonyl (C=O) groups is 3. The predicted molar refractivity (Wildman–Crippen MR) is 135 cm³/mol. The molecule has 0 aromatic heterocycles. The van der Waals surface area contributed by atoms with Crippen molar-refractivity contribution in [2.45, 2.75) is 64.3 Å². The molecule has 0 radical (unpaired) electrons. The fourth-order valence-electron chi connectivity index (χ4n) is 4.84. The maximum atomic E-state index is 13.7. The second-order valence-corrected chi connectivity index (χ2v) is 10.6. The molecule has 0 bridgehead atoms. The third kappa shape index (κ3) is 5.95. The third-order valence-electron chi connectivity index (χ3n) is 6.66. The van der Waals surface area contributed by atoms with Gasteiger partial charge in [0, 0.05) is 12.2 Å². The van der Waals surface area contributed by atoms with Crippen LogP contribution >= 0.6 is 0 Å². The first-order chi connectivity index (χ1) is 17.8. The lowest BCUT2D eigenvalue weighted by Gasteiger charge is -2.34. The Morgan fingerprint density at radius 3 is 2.34 bits per heavy atom. The molecule has 10 heteroatoms. The molecule has 0 unspecified atom stereocenters. The molecular formula is C28H31F3N2O5. The molecule has 2 aromatic carbocycles. The number of para-hydroxylation sites is 1. The maximum absolute atomic E-state index is 13.7. The van der Waals surface area contributed by atoms with E-state index in [1.54, 1.807) is 45.0 Å². The van der Waals surface area contributed by atoms with Gasteiger partial charge in [0.25, 0.3) is 0 Å². The van der Waals surface area contributed by atoms with Crippen molar-refractivity contribution in [2.24, 2.45) is 5.92 Å². The van der Waals surface area contributed by atoms with Crippen LogP contribution in [0.3, 0.4) is 0 Å². The number of ether oxygens (including phenoxy) is 2. The number of hydrogen-bond donors (Lipinski definition) is 0. The summed E-state index contributed by atoms with van der Waals surface area (Å²) in [6.07, 6.45) is -3.77. The second-order valence-electron chi connectivity index (χ2n) is 10.6. The summed E-state index contributed by atoms with van der Waals surface area (Å²) >= 11 is 0. The average Bonchev–Trinajstić information content (AvgIpc) is 3.65. The molecule has 1 aliphatic carbocycles. The van der Waals surface area contributed by atoms with Crippen molar-refractivity contribution in [1.82, 2.24) is 0 Å². The molecule has 0 spiro atoms. The van der Waals surface area contributed by atoms with E-state index in [0.29, 0.717) is 42.0 Å². The summed E-state index contributed by atoms with van der Waals surface area (Å²) < 4.78 is 51.4. The van der Waals surface area contributed by atoms with Crippen LogP contribution in [0.4, 0.5) is 29.3 Å². The van der Waals surface area contributed by atoms with E-state index in [-0.39, 0.29) is 23.5 Å². The summed E-state index contributed by atoms with van der Waals surface area (Å²) in [5.41, 5.74) is 1.78. The summed E-state index contributed by atoms with van der Waals surface area (Å²) in [6.45, 7) is 5.18. The second kappa shape index (κ2) is 10.3.